The molecule has 0 radical (unpaired) electrons. The van der Waals surface area contributed by atoms with Crippen molar-refractivity contribution in [2.24, 2.45) is 0 Å². The Balaban J connectivity index is 0.00000107. The second kappa shape index (κ2) is 17.6. The number of nitrogen functional groups attached to an aromatic ring is 2. The van der Waals surface area contributed by atoms with Gasteiger partial charge in [0.2, 0.25) is 0 Å². The quantitative estimate of drug-likeness (QED) is 0.164. The Kier molecular flexibility index (Phi) is 15.0. The lowest BCUT2D eigenvalue weighted by atomic mass is 10.0. The molecular formula is C33H41ClN4O4S. The summed E-state index contributed by atoms with van der Waals surface area (Å²) in [4.78, 5) is 29.6. The van der Waals surface area contributed by atoms with Crippen LogP contribution in [0.5, 0.6) is 0 Å². The molecule has 5 rings (SSSR count). The summed E-state index contributed by atoms with van der Waals surface area (Å²) < 4.78 is 3.29. The molecule has 0 aliphatic rings. The van der Waals surface area contributed by atoms with Crippen LogP contribution in [-0.4, -0.2) is 43.3 Å². The number of carbonyl (C=O) groups excluding carboxylic acids is 2. The fourth-order valence-corrected chi connectivity index (χ4v) is 5.95. The van der Waals surface area contributed by atoms with Gasteiger partial charge in [0.15, 0.2) is 0 Å². The molecule has 0 aliphatic heterocycles. The van der Waals surface area contributed by atoms with E-state index in [9.17, 15) is 9.90 Å². The number of thiophene rings is 1. The van der Waals surface area contributed by atoms with Crippen LogP contribution in [0.1, 0.15) is 38.8 Å². The van der Waals surface area contributed by atoms with Gasteiger partial charge in [0.05, 0.1) is 16.8 Å². The molecule has 0 amide bonds. The average molecular weight is 625 g/mol. The minimum atomic E-state index is -0.861. The van der Waals surface area contributed by atoms with Crippen LogP contribution in [0.4, 0.5) is 17.1 Å². The Morgan fingerprint density at radius 3 is 2.05 bits per heavy atom. The number of aliphatic carboxylic acids is 1. The molecule has 0 saturated carbocycles. The van der Waals surface area contributed by atoms with E-state index in [0.29, 0.717) is 22.9 Å². The molecule has 0 fully saturated rings. The fraction of sp³-hybridized carbons (Fsp3) is 0.242. The second-order valence-corrected chi connectivity index (χ2v) is 10.2. The smallest absolute Gasteiger partial charge is 0.307 e. The molecule has 10 heteroatoms. The maximum Gasteiger partial charge on any atom is 0.307 e. The van der Waals surface area contributed by atoms with Crippen molar-refractivity contribution in [3.8, 4) is 11.1 Å². The van der Waals surface area contributed by atoms with E-state index in [-0.39, 0.29) is 6.42 Å². The van der Waals surface area contributed by atoms with Crippen LogP contribution in [0, 0.1) is 0 Å². The van der Waals surface area contributed by atoms with Crippen molar-refractivity contribution in [3.05, 3.63) is 76.3 Å². The number of carbonyl (C=O) groups is 3. The molecule has 43 heavy (non-hydrogen) atoms. The third-order valence-corrected chi connectivity index (χ3v) is 7.42. The van der Waals surface area contributed by atoms with E-state index in [2.05, 4.69) is 20.9 Å². The average Bonchev–Trinajstić information content (AvgIpc) is 3.56. The molecule has 0 saturated heterocycles. The van der Waals surface area contributed by atoms with Crippen LogP contribution in [0.3, 0.4) is 0 Å². The topological polar surface area (TPSA) is 132 Å². The van der Waals surface area contributed by atoms with Gasteiger partial charge in [0.25, 0.3) is 0 Å². The number of nitrogens with zero attached hydrogens (tertiary/aromatic N) is 2. The maximum absolute atomic E-state index is 11.6. The normalized spacial score (nSPS) is 9.74. The van der Waals surface area contributed by atoms with Gasteiger partial charge in [-0.25, -0.2) is 0 Å². The van der Waals surface area contributed by atoms with E-state index in [4.69, 9.17) is 32.7 Å². The van der Waals surface area contributed by atoms with Crippen molar-refractivity contribution in [2.75, 3.05) is 30.5 Å². The predicted molar refractivity (Wildman–Crippen MR) is 185 cm³/mol. The minimum Gasteiger partial charge on any atom is -0.481 e. The third kappa shape index (κ3) is 8.83. The van der Waals surface area contributed by atoms with Gasteiger partial charge < -0.3 is 35.6 Å². The summed E-state index contributed by atoms with van der Waals surface area (Å²) in [6.07, 6.45) is 1.90. The van der Waals surface area contributed by atoms with Gasteiger partial charge in [-0.05, 0) is 64.0 Å². The van der Waals surface area contributed by atoms with E-state index in [1.54, 1.807) is 17.4 Å². The van der Waals surface area contributed by atoms with Crippen molar-refractivity contribution in [2.45, 2.75) is 40.7 Å². The van der Waals surface area contributed by atoms with E-state index in [1.165, 1.54) is 4.70 Å². The van der Waals surface area contributed by atoms with Crippen molar-refractivity contribution in [1.82, 2.24) is 4.57 Å². The standard InChI is InChI=1S/C27H25ClN4O2S.2C2H6.2CH2O/c1-31(2)25-10-19(28)9-23-18(14-35-27(23)25)13-32-12-17(8-26(33)34)22-4-3-15(7-24(22)32)16-5-20(29)11-21(30)6-16;4*1-2/h3-7,9-12,14H,8,13,29-30H2,1-2H3,(H,33,34);2*1-2H3;2*1H2. The number of benzene rings is 3. The first-order valence-electron chi connectivity index (χ1n) is 13.6. The molecule has 3 aromatic carbocycles. The molecule has 2 aromatic heterocycles. The number of aromatic nitrogens is 1. The van der Waals surface area contributed by atoms with Gasteiger partial charge in [0, 0.05) is 59.5 Å². The summed E-state index contributed by atoms with van der Waals surface area (Å²) in [5.74, 6) is -0.861. The predicted octanol–water partition coefficient (Wildman–Crippen LogP) is 7.76. The van der Waals surface area contributed by atoms with Gasteiger partial charge in [-0.2, -0.15) is 0 Å². The number of anilines is 3. The lowest BCUT2D eigenvalue weighted by Crippen LogP contribution is -2.08. The third-order valence-electron chi connectivity index (χ3n) is 6.14. The number of carboxylic acid groups (broad SMARTS) is 1. The molecule has 5 aromatic rings. The second-order valence-electron chi connectivity index (χ2n) is 8.93. The van der Waals surface area contributed by atoms with Crippen LogP contribution < -0.4 is 16.4 Å². The molecule has 0 unspecified atom stereocenters. The zero-order valence-electron chi connectivity index (χ0n) is 25.6. The number of hydrogen-bond acceptors (Lipinski definition) is 7. The summed E-state index contributed by atoms with van der Waals surface area (Å²) in [7, 11) is 4.01. The van der Waals surface area contributed by atoms with Gasteiger partial charge in [-0.15, -0.1) is 11.3 Å². The fourth-order valence-electron chi connectivity index (χ4n) is 4.60. The monoisotopic (exact) mass is 624 g/mol. The number of halogens is 1. The highest BCUT2D eigenvalue weighted by atomic mass is 35.5. The summed E-state index contributed by atoms with van der Waals surface area (Å²) >= 11 is 8.14. The van der Waals surface area contributed by atoms with E-state index < -0.39 is 5.97 Å². The van der Waals surface area contributed by atoms with Crippen molar-refractivity contribution in [3.63, 3.8) is 0 Å². The van der Waals surface area contributed by atoms with Crippen molar-refractivity contribution >= 4 is 80.5 Å². The van der Waals surface area contributed by atoms with Crippen LogP contribution in [0.2, 0.25) is 5.02 Å². The highest BCUT2D eigenvalue weighted by Crippen LogP contribution is 2.38. The Bertz CT molecular complexity index is 1620. The molecule has 2 heterocycles. The first-order valence-corrected chi connectivity index (χ1v) is 14.9. The lowest BCUT2D eigenvalue weighted by molar-refractivity contribution is -0.136. The van der Waals surface area contributed by atoms with E-state index >= 15 is 0 Å². The molecule has 0 spiro atoms. The summed E-state index contributed by atoms with van der Waals surface area (Å²) in [5, 5.41) is 14.3. The number of hydrogen-bond donors (Lipinski definition) is 3. The molecular weight excluding hydrogens is 584 g/mol. The number of nitrogens with two attached hydrogens (primary N) is 2. The van der Waals surface area contributed by atoms with Gasteiger partial charge in [-0.1, -0.05) is 51.4 Å². The Hall–Kier alpha value is -4.34. The van der Waals surface area contributed by atoms with Gasteiger partial charge in [-0.3, -0.25) is 4.79 Å². The zero-order chi connectivity index (χ0) is 32.9. The summed E-state index contributed by atoms with van der Waals surface area (Å²) in [5.41, 5.74) is 19.1. The Morgan fingerprint density at radius 1 is 0.884 bits per heavy atom. The minimum absolute atomic E-state index is 0.0466. The zero-order valence-corrected chi connectivity index (χ0v) is 27.2. The molecule has 0 atom stereocenters. The molecule has 8 nitrogen and oxygen atoms in total. The first kappa shape index (κ1) is 36.7. The van der Waals surface area contributed by atoms with Gasteiger partial charge >= 0.3 is 5.97 Å². The molecule has 230 valence electrons. The lowest BCUT2D eigenvalue weighted by Gasteiger charge is -2.14. The number of fused-ring (bicyclic) bond motifs is 2. The van der Waals surface area contributed by atoms with Crippen LogP contribution in [0.25, 0.3) is 32.1 Å². The number of carboxylic acids is 1. The highest BCUT2D eigenvalue weighted by molar-refractivity contribution is 7.18. The van der Waals surface area contributed by atoms with Crippen molar-refractivity contribution in [1.29, 1.82) is 0 Å². The van der Waals surface area contributed by atoms with Crippen LogP contribution in [-0.2, 0) is 27.3 Å². The summed E-state index contributed by atoms with van der Waals surface area (Å²) in [6, 6.07) is 15.5. The van der Waals surface area contributed by atoms with Crippen LogP contribution >= 0.6 is 22.9 Å². The summed E-state index contributed by atoms with van der Waals surface area (Å²) in [6.45, 7) is 12.6. The largest absolute Gasteiger partial charge is 0.481 e. The maximum atomic E-state index is 11.6. The van der Waals surface area contributed by atoms with Crippen molar-refractivity contribution < 1.29 is 19.5 Å². The van der Waals surface area contributed by atoms with Gasteiger partial charge in [0.1, 0.15) is 13.6 Å². The molecule has 0 bridgehead atoms. The highest BCUT2D eigenvalue weighted by Gasteiger charge is 2.16. The Morgan fingerprint density at radius 2 is 1.49 bits per heavy atom. The van der Waals surface area contributed by atoms with Crippen LogP contribution in [0.15, 0.2) is 60.1 Å². The molecule has 0 aliphatic carbocycles. The van der Waals surface area contributed by atoms with E-state index in [1.807, 2.05) is 98.0 Å². The SMILES string of the molecule is C=O.C=O.CC.CC.CN(C)c1cc(Cl)cc2c(Cn3cc(CC(=O)O)c4ccc(-c5cc(N)cc(N)c5)cc43)csc12. The number of rotatable bonds is 6. The first-order chi connectivity index (χ1) is 20.7. The molecule has 5 N–H and O–H groups in total. The van der Waals surface area contributed by atoms with E-state index in [0.717, 1.165) is 44.2 Å². The Labute approximate surface area is 262 Å².